The van der Waals surface area contributed by atoms with Crippen LogP contribution >= 0.6 is 0 Å². The Morgan fingerprint density at radius 3 is 0.760 bits per heavy atom. The second kappa shape index (κ2) is 28.2. The molecule has 0 aromatic heterocycles. The molecule has 0 rings (SSSR count). The van der Waals surface area contributed by atoms with Crippen molar-refractivity contribution in [3.05, 3.63) is 15.3 Å². The van der Waals surface area contributed by atoms with Crippen LogP contribution in [0.5, 0.6) is 0 Å². The van der Waals surface area contributed by atoms with Gasteiger partial charge in [-0.25, -0.2) is 0 Å². The van der Waals surface area contributed by atoms with Crippen molar-refractivity contribution in [1.29, 1.82) is 0 Å². The van der Waals surface area contributed by atoms with E-state index in [1.165, 1.54) is 0 Å². The maximum Gasteiger partial charge on any atom is 3.00 e. The molecule has 1 radical (unpaired) electrons. The molecule has 0 saturated heterocycles. The van der Waals surface area contributed by atoms with Gasteiger partial charge in [-0.1, -0.05) is 0 Å². The molecule has 0 atom stereocenters. The Morgan fingerprint density at radius 1 is 0.560 bits per heavy atom. The standard InChI is InChI=1S/2C6H15NO3.NO3.Ni/c2*8-4-1-7(2-5-9)3-6-10;2-1(3)4;/h2*8-10H,1-6H2;;/q;;-1;+3. The van der Waals surface area contributed by atoms with Crippen molar-refractivity contribution in [2.45, 2.75) is 0 Å². The van der Waals surface area contributed by atoms with Crippen molar-refractivity contribution in [3.63, 3.8) is 0 Å². The van der Waals surface area contributed by atoms with Crippen LogP contribution in [-0.4, -0.2) is 124 Å². The molecule has 0 unspecified atom stereocenters. The molecule has 0 aromatic carbocycles. The maximum absolute atomic E-state index is 8.48. The van der Waals surface area contributed by atoms with Gasteiger partial charge < -0.3 is 46.0 Å². The van der Waals surface area contributed by atoms with Crippen LogP contribution in [0.3, 0.4) is 0 Å². The Bertz CT molecular complexity index is 205. The van der Waals surface area contributed by atoms with E-state index in [2.05, 4.69) is 0 Å². The first-order chi connectivity index (χ1) is 11.4. The average Bonchev–Trinajstić information content (AvgIpc) is 2.49. The second-order valence-electron chi connectivity index (χ2n) is 4.25. The van der Waals surface area contributed by atoms with Gasteiger partial charge in [-0.3, -0.25) is 9.80 Å². The summed E-state index contributed by atoms with van der Waals surface area (Å²) in [7, 11) is 0. The number of nitrogens with zero attached hydrogens (tertiary/aromatic N) is 3. The third-order valence-corrected chi connectivity index (χ3v) is 2.50. The topological polar surface area (TPSA) is 194 Å². The summed E-state index contributed by atoms with van der Waals surface area (Å²) in [5, 5.41) is 65.7. The van der Waals surface area contributed by atoms with E-state index in [0.29, 0.717) is 39.3 Å². The summed E-state index contributed by atoms with van der Waals surface area (Å²) in [4.78, 5) is 11.8. The van der Waals surface area contributed by atoms with Gasteiger partial charge in [0.15, 0.2) is 0 Å². The van der Waals surface area contributed by atoms with Gasteiger partial charge in [0.1, 0.15) is 0 Å². The second-order valence-corrected chi connectivity index (χ2v) is 4.25. The zero-order valence-corrected chi connectivity index (χ0v) is 15.0. The van der Waals surface area contributed by atoms with Gasteiger partial charge in [0.05, 0.1) is 44.7 Å². The van der Waals surface area contributed by atoms with E-state index in [9.17, 15) is 0 Å². The Hall–Kier alpha value is -0.626. The minimum atomic E-state index is -1.75. The minimum Gasteiger partial charge on any atom is -0.395 e. The van der Waals surface area contributed by atoms with Crippen molar-refractivity contribution < 1.29 is 52.2 Å². The fourth-order valence-corrected chi connectivity index (χ4v) is 1.52. The van der Waals surface area contributed by atoms with Crippen LogP contribution in [0.15, 0.2) is 0 Å². The van der Waals surface area contributed by atoms with E-state index < -0.39 is 5.09 Å². The SMILES string of the molecule is O=[N+]([O-])[O-].OCCN(CCO)CCO.OCCN(CCO)CCO.[Ni+3]. The van der Waals surface area contributed by atoms with E-state index in [0.717, 1.165) is 0 Å². The van der Waals surface area contributed by atoms with Crippen LogP contribution in [0.25, 0.3) is 0 Å². The molecule has 0 spiro atoms. The van der Waals surface area contributed by atoms with E-state index >= 15 is 0 Å². The summed E-state index contributed by atoms with van der Waals surface area (Å²) in [6.45, 7) is 3.51. The number of aliphatic hydroxyl groups excluding tert-OH is 6. The van der Waals surface area contributed by atoms with Gasteiger partial charge in [0, 0.05) is 39.3 Å². The Balaban J connectivity index is -0.000000141. The van der Waals surface area contributed by atoms with Crippen LogP contribution in [0.1, 0.15) is 0 Å². The zero-order valence-electron chi connectivity index (χ0n) is 14.1. The molecule has 0 heterocycles. The molecule has 0 aliphatic heterocycles. The average molecular weight is 419 g/mol. The van der Waals surface area contributed by atoms with E-state index in [1.54, 1.807) is 9.80 Å². The van der Waals surface area contributed by atoms with E-state index in [1.807, 2.05) is 0 Å². The first kappa shape index (κ1) is 32.1. The van der Waals surface area contributed by atoms with Crippen LogP contribution < -0.4 is 0 Å². The van der Waals surface area contributed by atoms with Gasteiger partial charge in [0.2, 0.25) is 0 Å². The van der Waals surface area contributed by atoms with Gasteiger partial charge in [-0.05, 0) is 0 Å². The molecular formula is C12H30N3NiO9+2. The van der Waals surface area contributed by atoms with Crippen LogP contribution in [-0.2, 0) is 16.5 Å². The van der Waals surface area contributed by atoms with Gasteiger partial charge in [0.25, 0.3) is 0 Å². The minimum absolute atomic E-state index is 0. The van der Waals surface area contributed by atoms with Crippen LogP contribution in [0.4, 0.5) is 0 Å². The van der Waals surface area contributed by atoms with Crippen molar-refractivity contribution in [2.75, 3.05) is 78.9 Å². The molecule has 6 N–H and O–H groups in total. The molecule has 0 aromatic rings. The number of rotatable bonds is 12. The Morgan fingerprint density at radius 2 is 0.680 bits per heavy atom. The van der Waals surface area contributed by atoms with Crippen molar-refractivity contribution in [3.8, 4) is 0 Å². The molecular weight excluding hydrogens is 389 g/mol. The smallest absolute Gasteiger partial charge is 0.395 e. The monoisotopic (exact) mass is 418 g/mol. The predicted octanol–water partition coefficient (Wildman–Crippen LogP) is -3.71. The summed E-state index contributed by atoms with van der Waals surface area (Å²) >= 11 is 0. The first-order valence-corrected chi connectivity index (χ1v) is 7.34. The zero-order chi connectivity index (χ0) is 19.2. The van der Waals surface area contributed by atoms with Crippen LogP contribution in [0, 0.1) is 15.3 Å². The quantitative estimate of drug-likeness (QED) is 0.104. The molecule has 0 aliphatic rings. The molecule has 0 fully saturated rings. The van der Waals surface area contributed by atoms with E-state index in [4.69, 9.17) is 46.0 Å². The molecule has 0 amide bonds. The number of hydrogen-bond donors (Lipinski definition) is 6. The number of hydrogen-bond acceptors (Lipinski definition) is 11. The fraction of sp³-hybridized carbons (Fsp3) is 1.00. The predicted molar refractivity (Wildman–Crippen MR) is 85.8 cm³/mol. The van der Waals surface area contributed by atoms with Crippen molar-refractivity contribution in [2.24, 2.45) is 0 Å². The molecule has 155 valence electrons. The van der Waals surface area contributed by atoms with E-state index in [-0.39, 0.29) is 56.1 Å². The normalized spacial score (nSPS) is 9.60. The van der Waals surface area contributed by atoms with Crippen molar-refractivity contribution in [1.82, 2.24) is 9.80 Å². The Labute approximate surface area is 156 Å². The van der Waals surface area contributed by atoms with Gasteiger partial charge >= 0.3 is 16.5 Å². The largest absolute Gasteiger partial charge is 3.00 e. The molecule has 0 bridgehead atoms. The van der Waals surface area contributed by atoms with Crippen LogP contribution in [0.2, 0.25) is 0 Å². The maximum atomic E-state index is 8.48. The molecule has 12 nitrogen and oxygen atoms in total. The van der Waals surface area contributed by atoms with Gasteiger partial charge in [-0.2, -0.15) is 0 Å². The van der Waals surface area contributed by atoms with Crippen molar-refractivity contribution >= 4 is 0 Å². The fourth-order valence-electron chi connectivity index (χ4n) is 1.52. The number of aliphatic hydroxyl groups is 6. The summed E-state index contributed by atoms with van der Waals surface area (Å²) in [5.74, 6) is 0. The summed E-state index contributed by atoms with van der Waals surface area (Å²) in [6, 6.07) is 0. The molecule has 13 heteroatoms. The molecule has 25 heavy (non-hydrogen) atoms. The molecule has 0 saturated carbocycles. The third-order valence-electron chi connectivity index (χ3n) is 2.50. The summed E-state index contributed by atoms with van der Waals surface area (Å²) in [6.07, 6.45) is 0. The summed E-state index contributed by atoms with van der Waals surface area (Å²) < 4.78 is 0. The molecule has 0 aliphatic carbocycles. The third kappa shape index (κ3) is 35.4. The first-order valence-electron chi connectivity index (χ1n) is 7.34. The van der Waals surface area contributed by atoms with Gasteiger partial charge in [-0.15, -0.1) is 0 Å². The summed E-state index contributed by atoms with van der Waals surface area (Å²) in [5.41, 5.74) is 0. The Kier molecular flexibility index (Phi) is 36.2.